The Morgan fingerprint density at radius 2 is 1.90 bits per heavy atom. The molecule has 1 aromatic carbocycles. The van der Waals surface area contributed by atoms with Crippen LogP contribution in [0.15, 0.2) is 39.9 Å². The van der Waals surface area contributed by atoms with Gasteiger partial charge in [0.05, 0.1) is 5.52 Å². The number of likely N-dealkylation sites (tertiary alicyclic amines) is 1. The maximum Gasteiger partial charge on any atom is 0.329 e. The molecule has 1 aliphatic rings. The third kappa shape index (κ3) is 3.76. The van der Waals surface area contributed by atoms with E-state index in [0.29, 0.717) is 23.9 Å². The molecule has 4 rings (SSSR count). The lowest BCUT2D eigenvalue weighted by molar-refractivity contribution is 0.0697. The average molecular weight is 413 g/mol. The summed E-state index contributed by atoms with van der Waals surface area (Å²) in [5.41, 5.74) is 0.789. The van der Waals surface area contributed by atoms with Crippen LogP contribution in [-0.2, 0) is 6.42 Å². The number of hydrogen-bond acceptors (Lipinski definition) is 5. The van der Waals surface area contributed by atoms with E-state index in [2.05, 4.69) is 33.6 Å². The van der Waals surface area contributed by atoms with Crippen molar-refractivity contribution in [1.82, 2.24) is 18.8 Å². The molecule has 8 heteroatoms. The van der Waals surface area contributed by atoms with E-state index in [0.717, 1.165) is 35.4 Å². The number of piperidine rings is 1. The average Bonchev–Trinajstić information content (AvgIpc) is 3.12. The maximum absolute atomic E-state index is 13.0. The van der Waals surface area contributed by atoms with Gasteiger partial charge in [-0.15, -0.1) is 0 Å². The third-order valence-corrected chi connectivity index (χ3v) is 6.38. The number of carbonyl (C=O) groups excluding carboxylic acids is 1. The summed E-state index contributed by atoms with van der Waals surface area (Å²) in [6, 6.07) is 10.1. The van der Waals surface area contributed by atoms with Gasteiger partial charge < -0.3 is 9.88 Å². The predicted molar refractivity (Wildman–Crippen MR) is 114 cm³/mol. The number of benzene rings is 1. The Labute approximate surface area is 172 Å². The Morgan fingerprint density at radius 1 is 1.21 bits per heavy atom. The van der Waals surface area contributed by atoms with Crippen molar-refractivity contribution in [2.75, 3.05) is 13.1 Å². The maximum atomic E-state index is 13.0. The van der Waals surface area contributed by atoms with Crippen LogP contribution >= 0.6 is 11.5 Å². The number of fused-ring (bicyclic) bond motifs is 1. The van der Waals surface area contributed by atoms with Gasteiger partial charge in [0.1, 0.15) is 4.88 Å². The molecule has 2 aromatic heterocycles. The molecule has 0 bridgehead atoms. The van der Waals surface area contributed by atoms with E-state index in [9.17, 15) is 14.4 Å². The summed E-state index contributed by atoms with van der Waals surface area (Å²) < 4.78 is 5.31. The molecule has 1 fully saturated rings. The summed E-state index contributed by atoms with van der Waals surface area (Å²) in [6.45, 7) is 4.87. The Kier molecular flexibility index (Phi) is 5.36. The molecule has 29 heavy (non-hydrogen) atoms. The Morgan fingerprint density at radius 3 is 2.55 bits per heavy atom. The van der Waals surface area contributed by atoms with Gasteiger partial charge in [-0.1, -0.05) is 30.3 Å². The Balaban J connectivity index is 1.51. The van der Waals surface area contributed by atoms with E-state index in [4.69, 9.17) is 0 Å². The topological polar surface area (TPSA) is 88.1 Å². The van der Waals surface area contributed by atoms with E-state index in [1.54, 1.807) is 18.7 Å². The van der Waals surface area contributed by atoms with Crippen LogP contribution < -0.4 is 11.2 Å². The van der Waals surface area contributed by atoms with Crippen molar-refractivity contribution in [3.05, 3.63) is 61.6 Å². The van der Waals surface area contributed by atoms with E-state index < -0.39 is 11.2 Å². The van der Waals surface area contributed by atoms with Gasteiger partial charge in [0.15, 0.2) is 5.52 Å². The SMILES string of the molecule is CC(C)n1c(=O)[nH]c2c(C(=O)N3CCC(Cc4ccccc4)CC3)snc2c1=O. The van der Waals surface area contributed by atoms with E-state index in [-0.39, 0.29) is 23.0 Å². The highest BCUT2D eigenvalue weighted by molar-refractivity contribution is 7.09. The fourth-order valence-corrected chi connectivity index (χ4v) is 4.77. The van der Waals surface area contributed by atoms with Crippen LogP contribution in [0.1, 0.15) is 48.0 Å². The number of nitrogens with zero attached hydrogens (tertiary/aromatic N) is 3. The predicted octanol–water partition coefficient (Wildman–Crippen LogP) is 2.82. The summed E-state index contributed by atoms with van der Waals surface area (Å²) in [5, 5.41) is 0. The number of rotatable bonds is 4. The first-order valence-corrected chi connectivity index (χ1v) is 10.7. The highest BCUT2D eigenvalue weighted by Gasteiger charge is 2.27. The van der Waals surface area contributed by atoms with Crippen molar-refractivity contribution >= 4 is 28.5 Å². The number of nitrogens with one attached hydrogen (secondary N) is 1. The lowest BCUT2D eigenvalue weighted by Gasteiger charge is -2.31. The molecular weight excluding hydrogens is 388 g/mol. The Hall–Kier alpha value is -2.74. The minimum atomic E-state index is -0.506. The van der Waals surface area contributed by atoms with Gasteiger partial charge >= 0.3 is 5.69 Å². The molecule has 0 radical (unpaired) electrons. The second kappa shape index (κ2) is 7.94. The smallest absolute Gasteiger partial charge is 0.329 e. The van der Waals surface area contributed by atoms with Gasteiger partial charge in [-0.2, -0.15) is 4.37 Å². The van der Waals surface area contributed by atoms with Crippen LogP contribution in [-0.4, -0.2) is 37.8 Å². The zero-order valence-electron chi connectivity index (χ0n) is 16.6. The van der Waals surface area contributed by atoms with Crippen molar-refractivity contribution in [3.8, 4) is 0 Å². The number of H-pyrrole nitrogens is 1. The molecule has 0 saturated carbocycles. The van der Waals surface area contributed by atoms with Gasteiger partial charge in [0.25, 0.3) is 11.5 Å². The fourth-order valence-electron chi connectivity index (χ4n) is 3.97. The van der Waals surface area contributed by atoms with Crippen LogP contribution in [0, 0.1) is 5.92 Å². The van der Waals surface area contributed by atoms with Gasteiger partial charge in [0.2, 0.25) is 0 Å². The van der Waals surface area contributed by atoms with Gasteiger partial charge in [-0.05, 0) is 56.1 Å². The molecule has 3 aromatic rings. The highest BCUT2D eigenvalue weighted by Crippen LogP contribution is 2.25. The number of aromatic amines is 1. The van der Waals surface area contributed by atoms with E-state index in [1.165, 1.54) is 5.56 Å². The molecule has 1 aliphatic heterocycles. The molecule has 3 heterocycles. The van der Waals surface area contributed by atoms with Crippen molar-refractivity contribution in [1.29, 1.82) is 0 Å². The summed E-state index contributed by atoms with van der Waals surface area (Å²) in [4.78, 5) is 42.8. The van der Waals surface area contributed by atoms with E-state index in [1.807, 2.05) is 6.07 Å². The Bertz CT molecular complexity index is 1140. The molecule has 152 valence electrons. The van der Waals surface area contributed by atoms with Gasteiger partial charge in [0, 0.05) is 19.1 Å². The van der Waals surface area contributed by atoms with Crippen molar-refractivity contribution in [2.45, 2.75) is 39.2 Å². The second-order valence-electron chi connectivity index (χ2n) is 7.86. The standard InChI is InChI=1S/C21H24N4O3S/c1-13(2)25-19(26)17-16(22-21(25)28)18(29-23-17)20(27)24-10-8-15(9-11-24)12-14-6-4-3-5-7-14/h3-7,13,15H,8-12H2,1-2H3,(H,22,28). The highest BCUT2D eigenvalue weighted by atomic mass is 32.1. The summed E-state index contributed by atoms with van der Waals surface area (Å²) in [6.07, 6.45) is 2.90. The number of amides is 1. The third-order valence-electron chi connectivity index (χ3n) is 5.54. The van der Waals surface area contributed by atoms with Crippen LogP contribution in [0.5, 0.6) is 0 Å². The minimum Gasteiger partial charge on any atom is -0.338 e. The molecule has 0 spiro atoms. The number of aromatic nitrogens is 3. The molecule has 1 N–H and O–H groups in total. The van der Waals surface area contributed by atoms with Gasteiger partial charge in [-0.25, -0.2) is 4.79 Å². The molecule has 1 saturated heterocycles. The summed E-state index contributed by atoms with van der Waals surface area (Å²) in [7, 11) is 0. The first-order chi connectivity index (χ1) is 14.0. The zero-order valence-corrected chi connectivity index (χ0v) is 17.4. The monoisotopic (exact) mass is 412 g/mol. The van der Waals surface area contributed by atoms with Crippen molar-refractivity contribution in [3.63, 3.8) is 0 Å². The summed E-state index contributed by atoms with van der Waals surface area (Å²) >= 11 is 0.987. The molecule has 7 nitrogen and oxygen atoms in total. The largest absolute Gasteiger partial charge is 0.338 e. The summed E-state index contributed by atoms with van der Waals surface area (Å²) in [5.74, 6) is 0.394. The quantitative estimate of drug-likeness (QED) is 0.714. The van der Waals surface area contributed by atoms with Crippen LogP contribution in [0.3, 0.4) is 0 Å². The van der Waals surface area contributed by atoms with Crippen molar-refractivity contribution in [2.24, 2.45) is 5.92 Å². The number of carbonyl (C=O) groups is 1. The van der Waals surface area contributed by atoms with Gasteiger partial charge in [-0.3, -0.25) is 14.2 Å². The number of hydrogen-bond donors (Lipinski definition) is 1. The first kappa shape index (κ1) is 19.6. The molecule has 0 unspecified atom stereocenters. The first-order valence-electron chi connectivity index (χ1n) is 9.93. The lowest BCUT2D eigenvalue weighted by atomic mass is 9.90. The van der Waals surface area contributed by atoms with Crippen molar-refractivity contribution < 1.29 is 4.79 Å². The molecule has 1 amide bonds. The van der Waals surface area contributed by atoms with Crippen LogP contribution in [0.25, 0.3) is 11.0 Å². The molecule has 0 aliphatic carbocycles. The lowest BCUT2D eigenvalue weighted by Crippen LogP contribution is -2.39. The van der Waals surface area contributed by atoms with Crippen LogP contribution in [0.4, 0.5) is 0 Å². The fraction of sp³-hybridized carbons (Fsp3) is 0.429. The molecular formula is C21H24N4O3S. The van der Waals surface area contributed by atoms with E-state index >= 15 is 0 Å². The normalized spacial score (nSPS) is 15.3. The minimum absolute atomic E-state index is 0.158. The second-order valence-corrected chi connectivity index (χ2v) is 8.63. The zero-order chi connectivity index (χ0) is 20.5. The van der Waals surface area contributed by atoms with Crippen LogP contribution in [0.2, 0.25) is 0 Å². The molecule has 0 atom stereocenters.